The molecule has 0 bridgehead atoms. The normalized spacial score (nSPS) is 10.8. The first-order valence-corrected chi connectivity index (χ1v) is 8.39. The maximum absolute atomic E-state index is 5.94. The van der Waals surface area contributed by atoms with Gasteiger partial charge in [0.15, 0.2) is 0 Å². The van der Waals surface area contributed by atoms with Crippen LogP contribution in [0.2, 0.25) is 0 Å². The van der Waals surface area contributed by atoms with E-state index in [9.17, 15) is 0 Å². The molecule has 1 aromatic carbocycles. The Morgan fingerprint density at radius 3 is 2.95 bits per heavy atom. The predicted molar refractivity (Wildman–Crippen MR) is 87.6 cm³/mol. The number of benzene rings is 1. The monoisotopic (exact) mass is 354 g/mol. The third kappa shape index (κ3) is 4.30. The Kier molecular flexibility index (Phi) is 6.01. The molecular weight excluding hydrogens is 336 g/mol. The highest BCUT2D eigenvalue weighted by Gasteiger charge is 2.06. The summed E-state index contributed by atoms with van der Waals surface area (Å²) in [5.74, 6) is 0.955. The zero-order valence-corrected chi connectivity index (χ0v) is 14.2. The molecular formula is C15H19BrN2OS. The number of thiazole rings is 1. The fourth-order valence-electron chi connectivity index (χ4n) is 1.91. The lowest BCUT2D eigenvalue weighted by Crippen LogP contribution is -2.13. The molecule has 0 atom stereocenters. The molecule has 0 amide bonds. The molecule has 0 saturated carbocycles. The van der Waals surface area contributed by atoms with E-state index < -0.39 is 0 Å². The van der Waals surface area contributed by atoms with Crippen LogP contribution in [0.25, 0.3) is 0 Å². The molecule has 0 saturated heterocycles. The highest BCUT2D eigenvalue weighted by atomic mass is 79.9. The highest BCUT2D eigenvalue weighted by Crippen LogP contribution is 2.23. The molecule has 20 heavy (non-hydrogen) atoms. The second-order valence-electron chi connectivity index (χ2n) is 4.49. The van der Waals surface area contributed by atoms with Gasteiger partial charge >= 0.3 is 0 Å². The summed E-state index contributed by atoms with van der Waals surface area (Å²) in [6.45, 7) is 6.60. The Morgan fingerprint density at radius 2 is 2.25 bits per heavy atom. The van der Waals surface area contributed by atoms with Crippen LogP contribution in [0.3, 0.4) is 0 Å². The fourth-order valence-corrected chi connectivity index (χ4v) is 3.08. The van der Waals surface area contributed by atoms with Crippen LogP contribution in [0.1, 0.15) is 23.1 Å². The number of aromatic nitrogens is 1. The van der Waals surface area contributed by atoms with E-state index in [4.69, 9.17) is 4.74 Å². The summed E-state index contributed by atoms with van der Waals surface area (Å²) in [6, 6.07) is 6.15. The first-order valence-electron chi connectivity index (χ1n) is 6.71. The molecule has 3 nitrogen and oxygen atoms in total. The van der Waals surface area contributed by atoms with Gasteiger partial charge in [0.25, 0.3) is 0 Å². The van der Waals surface area contributed by atoms with Crippen LogP contribution in [-0.2, 0) is 13.0 Å². The van der Waals surface area contributed by atoms with Gasteiger partial charge in [-0.2, -0.15) is 0 Å². The smallest absolute Gasteiger partial charge is 0.123 e. The van der Waals surface area contributed by atoms with Gasteiger partial charge in [0, 0.05) is 27.9 Å². The lowest BCUT2D eigenvalue weighted by atomic mass is 10.2. The van der Waals surface area contributed by atoms with Gasteiger partial charge in [-0.25, -0.2) is 4.98 Å². The molecule has 0 aliphatic carbocycles. The van der Waals surface area contributed by atoms with Crippen LogP contribution in [0.5, 0.6) is 5.75 Å². The van der Waals surface area contributed by atoms with Crippen molar-refractivity contribution in [2.75, 3.05) is 13.2 Å². The maximum atomic E-state index is 5.94. The summed E-state index contributed by atoms with van der Waals surface area (Å²) < 4.78 is 7.02. The zero-order valence-electron chi connectivity index (χ0n) is 11.8. The van der Waals surface area contributed by atoms with E-state index in [1.807, 2.05) is 24.6 Å². The SMILES string of the molecule is CCNCc1cc(Br)ccc1OCCc1scnc1C. The van der Waals surface area contributed by atoms with Crippen molar-refractivity contribution in [1.82, 2.24) is 10.3 Å². The zero-order chi connectivity index (χ0) is 14.4. The number of ether oxygens (including phenoxy) is 1. The van der Waals surface area contributed by atoms with E-state index in [-0.39, 0.29) is 0 Å². The third-order valence-corrected chi connectivity index (χ3v) is 4.51. The average Bonchev–Trinajstić information content (AvgIpc) is 2.84. The Balaban J connectivity index is 1.96. The molecule has 1 aromatic heterocycles. The number of hydrogen-bond acceptors (Lipinski definition) is 4. The van der Waals surface area contributed by atoms with Gasteiger partial charge in [-0.15, -0.1) is 11.3 Å². The van der Waals surface area contributed by atoms with Crippen molar-refractivity contribution in [3.8, 4) is 5.75 Å². The Hall–Kier alpha value is -0.910. The molecule has 108 valence electrons. The molecule has 0 aliphatic heterocycles. The Bertz CT molecular complexity index is 557. The molecule has 0 fully saturated rings. The summed E-state index contributed by atoms with van der Waals surface area (Å²) in [7, 11) is 0. The minimum absolute atomic E-state index is 0.684. The molecule has 0 aliphatic rings. The number of halogens is 1. The van der Waals surface area contributed by atoms with Crippen molar-refractivity contribution >= 4 is 27.3 Å². The fraction of sp³-hybridized carbons (Fsp3) is 0.400. The van der Waals surface area contributed by atoms with Crippen molar-refractivity contribution in [2.24, 2.45) is 0 Å². The molecule has 1 N–H and O–H groups in total. The quantitative estimate of drug-likeness (QED) is 0.817. The van der Waals surface area contributed by atoms with Crippen LogP contribution >= 0.6 is 27.3 Å². The second-order valence-corrected chi connectivity index (χ2v) is 6.35. The first kappa shape index (κ1) is 15.5. The maximum Gasteiger partial charge on any atom is 0.123 e. The summed E-state index contributed by atoms with van der Waals surface area (Å²) >= 11 is 5.20. The van der Waals surface area contributed by atoms with Crippen LogP contribution < -0.4 is 10.1 Å². The predicted octanol–water partition coefficient (Wildman–Crippen LogP) is 3.95. The van der Waals surface area contributed by atoms with Gasteiger partial charge < -0.3 is 10.1 Å². The number of nitrogens with one attached hydrogen (secondary N) is 1. The van der Waals surface area contributed by atoms with E-state index in [0.29, 0.717) is 6.61 Å². The van der Waals surface area contributed by atoms with Gasteiger partial charge in [0.1, 0.15) is 5.75 Å². The standard InChI is InChI=1S/C15H19BrN2OS/c1-3-17-9-12-8-13(16)4-5-14(12)19-7-6-15-11(2)18-10-20-15/h4-5,8,10,17H,3,6-7,9H2,1-2H3. The molecule has 0 radical (unpaired) electrons. The van der Waals surface area contributed by atoms with Gasteiger partial charge in [0.2, 0.25) is 0 Å². The number of nitrogens with zero attached hydrogens (tertiary/aromatic N) is 1. The summed E-state index contributed by atoms with van der Waals surface area (Å²) in [4.78, 5) is 5.56. The van der Waals surface area contributed by atoms with Crippen molar-refractivity contribution in [1.29, 1.82) is 0 Å². The van der Waals surface area contributed by atoms with Crippen molar-refractivity contribution < 1.29 is 4.74 Å². The van der Waals surface area contributed by atoms with E-state index in [1.54, 1.807) is 11.3 Å². The lowest BCUT2D eigenvalue weighted by molar-refractivity contribution is 0.318. The summed E-state index contributed by atoms with van der Waals surface area (Å²) in [6.07, 6.45) is 0.910. The number of rotatable bonds is 7. The molecule has 2 aromatic rings. The highest BCUT2D eigenvalue weighted by molar-refractivity contribution is 9.10. The number of aryl methyl sites for hydroxylation is 1. The van der Waals surface area contributed by atoms with Crippen LogP contribution in [0, 0.1) is 6.92 Å². The Morgan fingerprint density at radius 1 is 1.40 bits per heavy atom. The largest absolute Gasteiger partial charge is 0.493 e. The molecule has 0 spiro atoms. The molecule has 2 rings (SSSR count). The van der Waals surface area contributed by atoms with E-state index in [2.05, 4.69) is 39.2 Å². The minimum atomic E-state index is 0.684. The van der Waals surface area contributed by atoms with Gasteiger partial charge in [-0.05, 0) is 31.7 Å². The first-order chi connectivity index (χ1) is 9.70. The third-order valence-electron chi connectivity index (χ3n) is 3.02. The van der Waals surface area contributed by atoms with E-state index in [0.717, 1.165) is 35.4 Å². The Labute approximate surface area is 132 Å². The molecule has 5 heteroatoms. The van der Waals surface area contributed by atoms with Gasteiger partial charge in [-0.1, -0.05) is 22.9 Å². The van der Waals surface area contributed by atoms with Crippen molar-refractivity contribution in [3.05, 3.63) is 44.3 Å². The average molecular weight is 355 g/mol. The molecule has 1 heterocycles. The minimum Gasteiger partial charge on any atom is -0.493 e. The topological polar surface area (TPSA) is 34.1 Å². The van der Waals surface area contributed by atoms with Crippen LogP contribution in [-0.4, -0.2) is 18.1 Å². The number of hydrogen-bond donors (Lipinski definition) is 1. The van der Waals surface area contributed by atoms with E-state index >= 15 is 0 Å². The summed E-state index contributed by atoms with van der Waals surface area (Å²) in [5, 5.41) is 3.34. The van der Waals surface area contributed by atoms with Crippen LogP contribution in [0.15, 0.2) is 28.2 Å². The summed E-state index contributed by atoms with van der Waals surface area (Å²) in [5.41, 5.74) is 4.19. The van der Waals surface area contributed by atoms with E-state index in [1.165, 1.54) is 10.4 Å². The lowest BCUT2D eigenvalue weighted by Gasteiger charge is -2.12. The van der Waals surface area contributed by atoms with Crippen molar-refractivity contribution in [2.45, 2.75) is 26.8 Å². The molecule has 0 unspecified atom stereocenters. The van der Waals surface area contributed by atoms with Crippen LogP contribution in [0.4, 0.5) is 0 Å². The van der Waals surface area contributed by atoms with Gasteiger partial charge in [0.05, 0.1) is 17.8 Å². The second kappa shape index (κ2) is 7.76. The van der Waals surface area contributed by atoms with Gasteiger partial charge in [-0.3, -0.25) is 0 Å². The van der Waals surface area contributed by atoms with Crippen molar-refractivity contribution in [3.63, 3.8) is 0 Å².